The molecule has 0 bridgehead atoms. The van der Waals surface area contributed by atoms with Crippen LogP contribution in [0.5, 0.6) is 0 Å². The average molecular weight is 640 g/mol. The van der Waals surface area contributed by atoms with Gasteiger partial charge < -0.3 is 14.6 Å². The summed E-state index contributed by atoms with van der Waals surface area (Å²) in [5.41, 5.74) is 3.88. The number of nitrogens with one attached hydrogen (secondary N) is 1. The monoisotopic (exact) mass is 639 g/mol. The molecule has 238 valence electrons. The van der Waals surface area contributed by atoms with Crippen LogP contribution in [0, 0.1) is 11.3 Å². The number of amides is 2. The fourth-order valence-electron chi connectivity index (χ4n) is 6.10. The summed E-state index contributed by atoms with van der Waals surface area (Å²) in [4.78, 5) is 33.1. The Bertz CT molecular complexity index is 1860. The summed E-state index contributed by atoms with van der Waals surface area (Å²) in [5.74, 6) is -0.0938. The minimum absolute atomic E-state index is 0.0561. The van der Waals surface area contributed by atoms with E-state index >= 15 is 0 Å². The molecule has 11 heteroatoms. The Kier molecular flexibility index (Phi) is 9.22. The van der Waals surface area contributed by atoms with Gasteiger partial charge in [-0.1, -0.05) is 30.3 Å². The molecular weight excluding hydrogens is 602 g/mol. The third kappa shape index (κ3) is 7.48. The van der Waals surface area contributed by atoms with Crippen LogP contribution >= 0.6 is 0 Å². The van der Waals surface area contributed by atoms with Crippen LogP contribution in [-0.2, 0) is 22.9 Å². The standard InChI is InChI=1S/C35H37N5O5S/c1-46(43,44)31-10-6-27(7-11-31)24-39-16-18-40(19-17-39)35(42)29-9-8-28-20-33(45-32(28)21-29)34(41)37-30-12-14-38(15-13-30)23-26-4-2-25(22-36)3-5-26/h2-11,20-21,30H,12-19,23-24H2,1H3,(H,37,41). The Labute approximate surface area is 269 Å². The highest BCUT2D eigenvalue weighted by atomic mass is 32.2. The third-order valence-electron chi connectivity index (χ3n) is 8.82. The highest BCUT2D eigenvalue weighted by Gasteiger charge is 2.25. The summed E-state index contributed by atoms with van der Waals surface area (Å²) in [6, 6.07) is 23.8. The number of likely N-dealkylation sites (tertiary alicyclic amines) is 1. The van der Waals surface area contributed by atoms with Crippen LogP contribution in [0.15, 0.2) is 82.1 Å². The van der Waals surface area contributed by atoms with E-state index in [-0.39, 0.29) is 23.6 Å². The molecule has 3 aromatic carbocycles. The molecule has 4 aromatic rings. The average Bonchev–Trinajstić information content (AvgIpc) is 3.50. The van der Waals surface area contributed by atoms with Gasteiger partial charge in [0.25, 0.3) is 11.8 Å². The first-order valence-corrected chi connectivity index (χ1v) is 17.4. The van der Waals surface area contributed by atoms with Crippen LogP contribution in [0.2, 0.25) is 0 Å². The summed E-state index contributed by atoms with van der Waals surface area (Å²) >= 11 is 0. The van der Waals surface area contributed by atoms with Gasteiger partial charge in [0, 0.05) is 75.6 Å². The van der Waals surface area contributed by atoms with E-state index in [1.165, 1.54) is 11.8 Å². The minimum atomic E-state index is -3.22. The molecule has 2 fully saturated rings. The van der Waals surface area contributed by atoms with Gasteiger partial charge in [0.1, 0.15) is 5.58 Å². The number of fused-ring (bicyclic) bond motifs is 1. The molecule has 1 aromatic heterocycles. The van der Waals surface area contributed by atoms with Crippen molar-refractivity contribution in [3.05, 3.63) is 101 Å². The molecule has 6 rings (SSSR count). The zero-order chi connectivity index (χ0) is 32.3. The highest BCUT2D eigenvalue weighted by Crippen LogP contribution is 2.23. The van der Waals surface area contributed by atoms with Crippen LogP contribution in [0.25, 0.3) is 11.0 Å². The van der Waals surface area contributed by atoms with E-state index < -0.39 is 9.84 Å². The van der Waals surface area contributed by atoms with Gasteiger partial charge in [-0.25, -0.2) is 8.42 Å². The number of benzene rings is 3. The maximum atomic E-state index is 13.3. The molecule has 0 aliphatic carbocycles. The Morgan fingerprint density at radius 1 is 0.848 bits per heavy atom. The number of hydrogen-bond donors (Lipinski definition) is 1. The SMILES string of the molecule is CS(=O)(=O)c1ccc(CN2CCN(C(=O)c3ccc4cc(C(=O)NC5CCN(Cc6ccc(C#N)cc6)CC5)oc4c3)CC2)cc1. The lowest BCUT2D eigenvalue weighted by Crippen LogP contribution is -2.48. The second kappa shape index (κ2) is 13.5. The van der Waals surface area contributed by atoms with E-state index in [1.807, 2.05) is 47.4 Å². The van der Waals surface area contributed by atoms with Gasteiger partial charge in [0.05, 0.1) is 16.5 Å². The van der Waals surface area contributed by atoms with Crippen LogP contribution in [0.1, 0.15) is 50.4 Å². The van der Waals surface area contributed by atoms with Gasteiger partial charge in [-0.05, 0) is 66.4 Å². The molecule has 0 radical (unpaired) electrons. The van der Waals surface area contributed by atoms with Gasteiger partial charge in [-0.2, -0.15) is 5.26 Å². The number of nitriles is 1. The van der Waals surface area contributed by atoms with Crippen molar-refractivity contribution in [3.8, 4) is 6.07 Å². The quantitative estimate of drug-likeness (QED) is 0.306. The smallest absolute Gasteiger partial charge is 0.287 e. The molecule has 0 atom stereocenters. The Balaban J connectivity index is 0.988. The molecule has 2 aliphatic rings. The number of furan rings is 1. The summed E-state index contributed by atoms with van der Waals surface area (Å²) in [6.45, 7) is 5.81. The van der Waals surface area contributed by atoms with Crippen molar-refractivity contribution in [1.29, 1.82) is 5.26 Å². The summed E-state index contributed by atoms with van der Waals surface area (Å²) in [6.07, 6.45) is 2.87. The van der Waals surface area contributed by atoms with E-state index in [0.29, 0.717) is 54.3 Å². The van der Waals surface area contributed by atoms with Gasteiger partial charge in [-0.15, -0.1) is 0 Å². The van der Waals surface area contributed by atoms with E-state index in [1.54, 1.807) is 30.3 Å². The van der Waals surface area contributed by atoms with Crippen LogP contribution in [0.3, 0.4) is 0 Å². The first-order valence-electron chi connectivity index (χ1n) is 15.5. The van der Waals surface area contributed by atoms with Crippen molar-refractivity contribution in [2.45, 2.75) is 36.9 Å². The molecule has 0 spiro atoms. The van der Waals surface area contributed by atoms with Crippen molar-refractivity contribution >= 4 is 32.6 Å². The van der Waals surface area contributed by atoms with Crippen molar-refractivity contribution in [2.24, 2.45) is 0 Å². The molecule has 0 unspecified atom stereocenters. The lowest BCUT2D eigenvalue weighted by Gasteiger charge is -2.34. The zero-order valence-electron chi connectivity index (χ0n) is 25.8. The van der Waals surface area contributed by atoms with Crippen molar-refractivity contribution in [3.63, 3.8) is 0 Å². The molecule has 2 amide bonds. The van der Waals surface area contributed by atoms with Crippen molar-refractivity contribution < 1.29 is 22.4 Å². The second-order valence-corrected chi connectivity index (χ2v) is 14.2. The van der Waals surface area contributed by atoms with Gasteiger partial charge in [0.2, 0.25) is 0 Å². The zero-order valence-corrected chi connectivity index (χ0v) is 26.6. The first kappa shape index (κ1) is 31.5. The predicted octanol–water partition coefficient (Wildman–Crippen LogP) is 4.06. The predicted molar refractivity (Wildman–Crippen MR) is 174 cm³/mol. The number of piperidine rings is 1. The van der Waals surface area contributed by atoms with Gasteiger partial charge >= 0.3 is 0 Å². The number of hydrogen-bond acceptors (Lipinski definition) is 8. The molecule has 1 N–H and O–H groups in total. The molecular formula is C35H37N5O5S. The summed E-state index contributed by atoms with van der Waals surface area (Å²) in [7, 11) is -3.22. The van der Waals surface area contributed by atoms with E-state index in [2.05, 4.69) is 21.2 Å². The van der Waals surface area contributed by atoms with E-state index in [0.717, 1.165) is 43.4 Å². The number of carbonyl (C=O) groups is 2. The van der Waals surface area contributed by atoms with Crippen molar-refractivity contribution in [2.75, 3.05) is 45.5 Å². The third-order valence-corrected chi connectivity index (χ3v) is 9.95. The van der Waals surface area contributed by atoms with Gasteiger partial charge in [0.15, 0.2) is 15.6 Å². The Hall–Kier alpha value is -4.50. The van der Waals surface area contributed by atoms with Crippen molar-refractivity contribution in [1.82, 2.24) is 20.0 Å². The number of sulfone groups is 1. The van der Waals surface area contributed by atoms with Crippen LogP contribution in [-0.4, -0.2) is 86.5 Å². The largest absolute Gasteiger partial charge is 0.451 e. The highest BCUT2D eigenvalue weighted by molar-refractivity contribution is 7.90. The maximum Gasteiger partial charge on any atom is 0.287 e. The number of nitrogens with zero attached hydrogens (tertiary/aromatic N) is 4. The van der Waals surface area contributed by atoms with E-state index in [4.69, 9.17) is 9.68 Å². The Morgan fingerprint density at radius 3 is 2.07 bits per heavy atom. The molecule has 2 saturated heterocycles. The topological polar surface area (TPSA) is 127 Å². The molecule has 3 heterocycles. The molecule has 0 saturated carbocycles. The number of carbonyl (C=O) groups excluding carboxylic acids is 2. The normalized spacial score (nSPS) is 16.7. The summed E-state index contributed by atoms with van der Waals surface area (Å²) in [5, 5.41) is 12.9. The second-order valence-electron chi connectivity index (χ2n) is 12.2. The Morgan fingerprint density at radius 2 is 1.46 bits per heavy atom. The summed E-state index contributed by atoms with van der Waals surface area (Å²) < 4.78 is 29.4. The molecule has 46 heavy (non-hydrogen) atoms. The van der Waals surface area contributed by atoms with Crippen LogP contribution < -0.4 is 5.32 Å². The lowest BCUT2D eigenvalue weighted by atomic mass is 10.0. The fraction of sp³-hybridized carbons (Fsp3) is 0.343. The number of piperazine rings is 1. The number of rotatable bonds is 8. The maximum absolute atomic E-state index is 13.3. The minimum Gasteiger partial charge on any atom is -0.451 e. The first-order chi connectivity index (χ1) is 22.1. The molecule has 10 nitrogen and oxygen atoms in total. The van der Waals surface area contributed by atoms with Crippen LogP contribution in [0.4, 0.5) is 0 Å². The molecule has 2 aliphatic heterocycles. The van der Waals surface area contributed by atoms with Gasteiger partial charge in [-0.3, -0.25) is 19.4 Å². The van der Waals surface area contributed by atoms with E-state index in [9.17, 15) is 18.0 Å². The lowest BCUT2D eigenvalue weighted by molar-refractivity contribution is 0.0628. The fourth-order valence-corrected chi connectivity index (χ4v) is 6.73.